The van der Waals surface area contributed by atoms with E-state index >= 15 is 0 Å². The Morgan fingerprint density at radius 2 is 1.53 bits per heavy atom. The van der Waals surface area contributed by atoms with Crippen molar-refractivity contribution in [1.29, 1.82) is 0 Å². The average molecular weight is 456 g/mol. The van der Waals surface area contributed by atoms with Gasteiger partial charge in [0.05, 0.1) is 5.41 Å². The molecular weight excluding hydrogens is 426 g/mol. The number of hydrogen-bond acceptors (Lipinski definition) is 3. The summed E-state index contributed by atoms with van der Waals surface area (Å²) in [5, 5.41) is 21.5. The number of rotatable bonds is 7. The van der Waals surface area contributed by atoms with Crippen LogP contribution in [0.25, 0.3) is 17.2 Å². The van der Waals surface area contributed by atoms with Crippen LogP contribution in [0.3, 0.4) is 0 Å². The van der Waals surface area contributed by atoms with E-state index in [4.69, 9.17) is 5.11 Å². The number of amides is 1. The Kier molecular flexibility index (Phi) is 7.12. The van der Waals surface area contributed by atoms with Crippen LogP contribution < -0.4 is 5.32 Å². The summed E-state index contributed by atoms with van der Waals surface area (Å²) >= 11 is 0. The number of benzene rings is 3. The molecule has 1 aliphatic rings. The largest absolute Gasteiger partial charge is 0.508 e. The molecule has 1 amide bonds. The average Bonchev–Trinajstić information content (AvgIpc) is 2.85. The standard InChI is InChI=1S/C29H29NO4/c31-26-14-12-24(13-15-26)23-10-7-22(8-11-23)20-29(17-2-1-3-18-29)28(34)30-25-6-4-5-21(19-25)9-16-27(32)33/h4-16,19,31H,1-3,17-18,20H2,(H,30,34)(H,32,33)/b16-9+. The second-order valence-electron chi connectivity index (χ2n) is 9.01. The van der Waals surface area contributed by atoms with Crippen LogP contribution in [0.15, 0.2) is 78.9 Å². The van der Waals surface area contributed by atoms with Crippen molar-refractivity contribution in [1.82, 2.24) is 0 Å². The van der Waals surface area contributed by atoms with Gasteiger partial charge in [0.25, 0.3) is 0 Å². The first-order valence-corrected chi connectivity index (χ1v) is 11.6. The van der Waals surface area contributed by atoms with Gasteiger partial charge < -0.3 is 15.5 Å². The highest BCUT2D eigenvalue weighted by molar-refractivity contribution is 5.96. The van der Waals surface area contributed by atoms with Gasteiger partial charge in [0.1, 0.15) is 5.75 Å². The van der Waals surface area contributed by atoms with E-state index in [-0.39, 0.29) is 11.7 Å². The van der Waals surface area contributed by atoms with Crippen molar-refractivity contribution in [2.24, 2.45) is 5.41 Å². The Morgan fingerprint density at radius 1 is 0.882 bits per heavy atom. The molecular formula is C29H29NO4. The maximum absolute atomic E-state index is 13.5. The minimum absolute atomic E-state index is 0.0224. The Balaban J connectivity index is 1.51. The molecule has 0 heterocycles. The van der Waals surface area contributed by atoms with Gasteiger partial charge in [0.2, 0.25) is 5.91 Å². The molecule has 3 aromatic rings. The number of aliphatic carboxylic acids is 1. The molecule has 4 rings (SSSR count). The molecule has 0 unspecified atom stereocenters. The summed E-state index contributed by atoms with van der Waals surface area (Å²) < 4.78 is 0. The van der Waals surface area contributed by atoms with Crippen molar-refractivity contribution in [3.05, 3.63) is 90.0 Å². The lowest BCUT2D eigenvalue weighted by Gasteiger charge is -2.36. The first kappa shape index (κ1) is 23.3. The molecule has 1 fully saturated rings. The summed E-state index contributed by atoms with van der Waals surface area (Å²) in [6, 6.07) is 22.7. The highest BCUT2D eigenvalue weighted by Crippen LogP contribution is 2.40. The summed E-state index contributed by atoms with van der Waals surface area (Å²) in [7, 11) is 0. The third kappa shape index (κ3) is 5.73. The normalized spacial score (nSPS) is 15.2. The molecule has 5 heteroatoms. The molecule has 3 aromatic carbocycles. The molecule has 174 valence electrons. The van der Waals surface area contributed by atoms with Crippen molar-refractivity contribution < 1.29 is 19.8 Å². The first-order chi connectivity index (χ1) is 16.4. The van der Waals surface area contributed by atoms with Crippen molar-refractivity contribution >= 4 is 23.6 Å². The molecule has 0 spiro atoms. The number of carboxylic acid groups (broad SMARTS) is 1. The van der Waals surface area contributed by atoms with E-state index in [1.807, 2.05) is 24.3 Å². The predicted molar refractivity (Wildman–Crippen MR) is 135 cm³/mol. The number of phenolic OH excluding ortho intramolecular Hbond substituents is 1. The zero-order valence-electron chi connectivity index (χ0n) is 19.0. The molecule has 0 aromatic heterocycles. The van der Waals surface area contributed by atoms with Crippen molar-refractivity contribution in [2.45, 2.75) is 38.5 Å². The smallest absolute Gasteiger partial charge is 0.328 e. The molecule has 0 atom stereocenters. The van der Waals surface area contributed by atoms with E-state index in [0.29, 0.717) is 12.1 Å². The topological polar surface area (TPSA) is 86.6 Å². The van der Waals surface area contributed by atoms with Crippen LogP contribution >= 0.6 is 0 Å². The van der Waals surface area contributed by atoms with Gasteiger partial charge in [-0.1, -0.05) is 67.8 Å². The van der Waals surface area contributed by atoms with Crippen LogP contribution in [0, 0.1) is 5.41 Å². The lowest BCUT2D eigenvalue weighted by molar-refractivity contribution is -0.131. The minimum Gasteiger partial charge on any atom is -0.508 e. The van der Waals surface area contributed by atoms with Crippen LogP contribution in [0.5, 0.6) is 5.75 Å². The number of carboxylic acids is 1. The second-order valence-corrected chi connectivity index (χ2v) is 9.01. The van der Waals surface area contributed by atoms with Crippen LogP contribution in [0.4, 0.5) is 5.69 Å². The van der Waals surface area contributed by atoms with Gasteiger partial charge in [0.15, 0.2) is 0 Å². The van der Waals surface area contributed by atoms with Crippen LogP contribution in [-0.4, -0.2) is 22.1 Å². The van der Waals surface area contributed by atoms with E-state index in [1.54, 1.807) is 24.3 Å². The number of anilines is 1. The maximum Gasteiger partial charge on any atom is 0.328 e. The van der Waals surface area contributed by atoms with Gasteiger partial charge in [-0.2, -0.15) is 0 Å². The molecule has 3 N–H and O–H groups in total. The van der Waals surface area contributed by atoms with E-state index in [0.717, 1.165) is 60.4 Å². The fourth-order valence-corrected chi connectivity index (χ4v) is 4.72. The Labute approximate surface area is 199 Å². The third-order valence-corrected chi connectivity index (χ3v) is 6.55. The van der Waals surface area contributed by atoms with Crippen molar-refractivity contribution in [3.8, 4) is 16.9 Å². The van der Waals surface area contributed by atoms with Gasteiger partial charge in [-0.3, -0.25) is 4.79 Å². The molecule has 0 radical (unpaired) electrons. The van der Waals surface area contributed by atoms with Crippen molar-refractivity contribution in [3.63, 3.8) is 0 Å². The molecule has 0 saturated heterocycles. The van der Waals surface area contributed by atoms with Crippen LogP contribution in [0.2, 0.25) is 0 Å². The zero-order chi connectivity index (χ0) is 24.0. The van der Waals surface area contributed by atoms with Gasteiger partial charge in [-0.25, -0.2) is 4.79 Å². The van der Waals surface area contributed by atoms with E-state index in [2.05, 4.69) is 29.6 Å². The molecule has 1 aliphatic carbocycles. The second kappa shape index (κ2) is 10.4. The Hall–Kier alpha value is -3.86. The van der Waals surface area contributed by atoms with Gasteiger partial charge in [0, 0.05) is 11.8 Å². The van der Waals surface area contributed by atoms with Gasteiger partial charge in [-0.15, -0.1) is 0 Å². The summed E-state index contributed by atoms with van der Waals surface area (Å²) in [5.74, 6) is -0.740. The third-order valence-electron chi connectivity index (χ3n) is 6.55. The van der Waals surface area contributed by atoms with Crippen LogP contribution in [-0.2, 0) is 16.0 Å². The fraction of sp³-hybridized carbons (Fsp3) is 0.241. The molecule has 0 bridgehead atoms. The number of nitrogens with one attached hydrogen (secondary N) is 1. The quantitative estimate of drug-likeness (QED) is 0.366. The molecule has 0 aliphatic heterocycles. The maximum atomic E-state index is 13.5. The predicted octanol–water partition coefficient (Wildman–Crippen LogP) is 6.29. The molecule has 34 heavy (non-hydrogen) atoms. The molecule has 1 saturated carbocycles. The summed E-state index contributed by atoms with van der Waals surface area (Å²) in [5.41, 5.74) is 4.15. The Bertz CT molecular complexity index is 1170. The lowest BCUT2D eigenvalue weighted by atomic mass is 9.69. The highest BCUT2D eigenvalue weighted by atomic mass is 16.4. The number of carbonyl (C=O) groups excluding carboxylic acids is 1. The number of carbonyl (C=O) groups is 2. The zero-order valence-corrected chi connectivity index (χ0v) is 19.0. The van der Waals surface area contributed by atoms with Crippen molar-refractivity contribution in [2.75, 3.05) is 5.32 Å². The van der Waals surface area contributed by atoms with Crippen LogP contribution in [0.1, 0.15) is 43.2 Å². The van der Waals surface area contributed by atoms with E-state index < -0.39 is 11.4 Å². The summed E-state index contributed by atoms with van der Waals surface area (Å²) in [6.45, 7) is 0. The van der Waals surface area contributed by atoms with Gasteiger partial charge in [-0.05, 0) is 71.9 Å². The fourth-order valence-electron chi connectivity index (χ4n) is 4.72. The molecule has 5 nitrogen and oxygen atoms in total. The minimum atomic E-state index is -1.01. The monoisotopic (exact) mass is 455 g/mol. The Morgan fingerprint density at radius 3 is 2.18 bits per heavy atom. The highest BCUT2D eigenvalue weighted by Gasteiger charge is 2.39. The summed E-state index contributed by atoms with van der Waals surface area (Å²) in [6.07, 6.45) is 8.17. The van der Waals surface area contributed by atoms with Gasteiger partial charge >= 0.3 is 5.97 Å². The summed E-state index contributed by atoms with van der Waals surface area (Å²) in [4.78, 5) is 24.4. The van der Waals surface area contributed by atoms with E-state index in [1.165, 1.54) is 6.08 Å². The SMILES string of the molecule is O=C(O)/C=C/c1cccc(NC(=O)C2(Cc3ccc(-c4ccc(O)cc4)cc3)CCCCC2)c1. The number of phenols is 1. The first-order valence-electron chi connectivity index (χ1n) is 11.6. The van der Waals surface area contributed by atoms with E-state index in [9.17, 15) is 14.7 Å². The lowest BCUT2D eigenvalue weighted by Crippen LogP contribution is -2.40. The number of aromatic hydroxyl groups is 1. The number of hydrogen-bond donors (Lipinski definition) is 3.